The Morgan fingerprint density at radius 3 is 2.58 bits per heavy atom. The number of hydrogen-bond acceptors (Lipinski definition) is 2. The van der Waals surface area contributed by atoms with Crippen molar-refractivity contribution in [2.24, 2.45) is 0 Å². The summed E-state index contributed by atoms with van der Waals surface area (Å²) in [5.74, 6) is 0.825. The van der Waals surface area contributed by atoms with E-state index in [4.69, 9.17) is 4.74 Å². The molecule has 19 heavy (non-hydrogen) atoms. The number of aliphatic hydroxyl groups excluding tert-OH is 1. The highest BCUT2D eigenvalue weighted by Crippen LogP contribution is 2.24. The van der Waals surface area contributed by atoms with Crippen molar-refractivity contribution in [1.29, 1.82) is 0 Å². The van der Waals surface area contributed by atoms with E-state index in [0.717, 1.165) is 22.4 Å². The molecule has 2 aromatic rings. The van der Waals surface area contributed by atoms with Gasteiger partial charge in [-0.2, -0.15) is 0 Å². The SMILES string of the molecule is COc1cccc(CC(O)c2cccc(C)c2C)c1. The summed E-state index contributed by atoms with van der Waals surface area (Å²) < 4.78 is 5.20. The first-order valence-corrected chi connectivity index (χ1v) is 6.49. The molecule has 0 saturated carbocycles. The van der Waals surface area contributed by atoms with Gasteiger partial charge in [-0.25, -0.2) is 0 Å². The molecule has 0 saturated heterocycles. The van der Waals surface area contributed by atoms with Crippen molar-refractivity contribution in [3.05, 3.63) is 64.7 Å². The van der Waals surface area contributed by atoms with E-state index in [1.807, 2.05) is 36.4 Å². The Balaban J connectivity index is 2.20. The van der Waals surface area contributed by atoms with Gasteiger partial charge in [-0.05, 0) is 48.2 Å². The molecule has 0 aliphatic rings. The van der Waals surface area contributed by atoms with E-state index < -0.39 is 6.10 Å². The summed E-state index contributed by atoms with van der Waals surface area (Å²) in [5.41, 5.74) is 4.45. The molecule has 0 aliphatic heterocycles. The number of aryl methyl sites for hydroxylation is 1. The zero-order valence-electron chi connectivity index (χ0n) is 11.7. The molecule has 0 aromatic heterocycles. The summed E-state index contributed by atoms with van der Waals surface area (Å²) in [5, 5.41) is 10.4. The molecule has 0 radical (unpaired) electrons. The Morgan fingerprint density at radius 1 is 1.11 bits per heavy atom. The number of aliphatic hydroxyl groups is 1. The van der Waals surface area contributed by atoms with Crippen LogP contribution in [0.25, 0.3) is 0 Å². The molecule has 0 spiro atoms. The molecule has 0 bridgehead atoms. The van der Waals surface area contributed by atoms with Crippen LogP contribution in [0.15, 0.2) is 42.5 Å². The molecule has 0 amide bonds. The van der Waals surface area contributed by atoms with Crippen LogP contribution in [-0.4, -0.2) is 12.2 Å². The van der Waals surface area contributed by atoms with Gasteiger partial charge in [-0.1, -0.05) is 30.3 Å². The third-order valence-electron chi connectivity index (χ3n) is 3.57. The lowest BCUT2D eigenvalue weighted by Crippen LogP contribution is -2.05. The lowest BCUT2D eigenvalue weighted by Gasteiger charge is -2.15. The zero-order valence-corrected chi connectivity index (χ0v) is 11.7. The van der Waals surface area contributed by atoms with E-state index in [1.165, 1.54) is 5.56 Å². The van der Waals surface area contributed by atoms with Gasteiger partial charge in [0, 0.05) is 6.42 Å². The first kappa shape index (κ1) is 13.6. The molecule has 1 atom stereocenters. The fourth-order valence-electron chi connectivity index (χ4n) is 2.27. The summed E-state index contributed by atoms with van der Waals surface area (Å²) in [6.07, 6.45) is 0.119. The van der Waals surface area contributed by atoms with Crippen molar-refractivity contribution in [1.82, 2.24) is 0 Å². The Hall–Kier alpha value is -1.80. The van der Waals surface area contributed by atoms with Gasteiger partial charge in [0.15, 0.2) is 0 Å². The number of ether oxygens (including phenoxy) is 1. The average Bonchev–Trinajstić information content (AvgIpc) is 2.42. The van der Waals surface area contributed by atoms with Gasteiger partial charge in [0.2, 0.25) is 0 Å². The largest absolute Gasteiger partial charge is 0.497 e. The smallest absolute Gasteiger partial charge is 0.119 e. The van der Waals surface area contributed by atoms with Crippen LogP contribution in [0.3, 0.4) is 0 Å². The fourth-order valence-corrected chi connectivity index (χ4v) is 2.27. The highest BCUT2D eigenvalue weighted by atomic mass is 16.5. The van der Waals surface area contributed by atoms with Crippen LogP contribution in [0.2, 0.25) is 0 Å². The highest BCUT2D eigenvalue weighted by Gasteiger charge is 2.12. The van der Waals surface area contributed by atoms with Crippen molar-refractivity contribution in [2.45, 2.75) is 26.4 Å². The molecule has 0 fully saturated rings. The van der Waals surface area contributed by atoms with Crippen LogP contribution in [0.5, 0.6) is 5.75 Å². The Kier molecular flexibility index (Phi) is 4.23. The van der Waals surface area contributed by atoms with E-state index in [9.17, 15) is 5.11 Å². The summed E-state index contributed by atoms with van der Waals surface area (Å²) in [6.45, 7) is 4.12. The predicted octanol–water partition coefficient (Wildman–Crippen LogP) is 3.59. The normalized spacial score (nSPS) is 12.2. The molecule has 2 rings (SSSR count). The van der Waals surface area contributed by atoms with Crippen molar-refractivity contribution >= 4 is 0 Å². The number of hydrogen-bond donors (Lipinski definition) is 1. The zero-order chi connectivity index (χ0) is 13.8. The maximum Gasteiger partial charge on any atom is 0.119 e. The molecule has 1 unspecified atom stereocenters. The number of benzene rings is 2. The highest BCUT2D eigenvalue weighted by molar-refractivity contribution is 5.36. The molecule has 0 aliphatic carbocycles. The monoisotopic (exact) mass is 256 g/mol. The van der Waals surface area contributed by atoms with Gasteiger partial charge in [-0.15, -0.1) is 0 Å². The van der Waals surface area contributed by atoms with Crippen molar-refractivity contribution in [3.63, 3.8) is 0 Å². The van der Waals surface area contributed by atoms with E-state index >= 15 is 0 Å². The standard InChI is InChI=1S/C17H20O2/c1-12-6-4-9-16(13(12)2)17(18)11-14-7-5-8-15(10-14)19-3/h4-10,17-18H,11H2,1-3H3. The Bertz CT molecular complexity index is 561. The van der Waals surface area contributed by atoms with Gasteiger partial charge in [-0.3, -0.25) is 0 Å². The third-order valence-corrected chi connectivity index (χ3v) is 3.57. The average molecular weight is 256 g/mol. The van der Waals surface area contributed by atoms with E-state index in [1.54, 1.807) is 7.11 Å². The Morgan fingerprint density at radius 2 is 1.84 bits per heavy atom. The summed E-state index contributed by atoms with van der Waals surface area (Å²) >= 11 is 0. The van der Waals surface area contributed by atoms with Crippen molar-refractivity contribution < 1.29 is 9.84 Å². The van der Waals surface area contributed by atoms with Gasteiger partial charge in [0.1, 0.15) is 5.75 Å². The van der Waals surface area contributed by atoms with Gasteiger partial charge in [0.25, 0.3) is 0 Å². The molecule has 2 aromatic carbocycles. The molecule has 0 heterocycles. The minimum absolute atomic E-state index is 0.480. The maximum absolute atomic E-state index is 10.4. The lowest BCUT2D eigenvalue weighted by atomic mass is 9.95. The molecule has 100 valence electrons. The molecule has 1 N–H and O–H groups in total. The number of rotatable bonds is 4. The van der Waals surface area contributed by atoms with Gasteiger partial charge < -0.3 is 9.84 Å². The minimum Gasteiger partial charge on any atom is -0.497 e. The summed E-state index contributed by atoms with van der Waals surface area (Å²) in [7, 11) is 1.65. The second-order valence-corrected chi connectivity index (χ2v) is 4.86. The predicted molar refractivity (Wildman–Crippen MR) is 77.6 cm³/mol. The lowest BCUT2D eigenvalue weighted by molar-refractivity contribution is 0.177. The topological polar surface area (TPSA) is 29.5 Å². The number of methoxy groups -OCH3 is 1. The van der Waals surface area contributed by atoms with Crippen LogP contribution in [-0.2, 0) is 6.42 Å². The maximum atomic E-state index is 10.4. The fraction of sp³-hybridized carbons (Fsp3) is 0.294. The van der Waals surface area contributed by atoms with E-state index in [0.29, 0.717) is 6.42 Å². The quantitative estimate of drug-likeness (QED) is 0.906. The van der Waals surface area contributed by atoms with Gasteiger partial charge >= 0.3 is 0 Å². The Labute approximate surface area is 114 Å². The molecular formula is C17H20O2. The second-order valence-electron chi connectivity index (χ2n) is 4.86. The van der Waals surface area contributed by atoms with Crippen LogP contribution in [0.4, 0.5) is 0 Å². The van der Waals surface area contributed by atoms with E-state index in [-0.39, 0.29) is 0 Å². The van der Waals surface area contributed by atoms with Gasteiger partial charge in [0.05, 0.1) is 13.2 Å². The first-order chi connectivity index (χ1) is 9.11. The summed E-state index contributed by atoms with van der Waals surface area (Å²) in [4.78, 5) is 0. The van der Waals surface area contributed by atoms with Crippen LogP contribution in [0.1, 0.15) is 28.4 Å². The van der Waals surface area contributed by atoms with Crippen LogP contribution < -0.4 is 4.74 Å². The second kappa shape index (κ2) is 5.89. The molecular weight excluding hydrogens is 236 g/mol. The van der Waals surface area contributed by atoms with Crippen LogP contribution in [0, 0.1) is 13.8 Å². The van der Waals surface area contributed by atoms with E-state index in [2.05, 4.69) is 19.9 Å². The minimum atomic E-state index is -0.480. The van der Waals surface area contributed by atoms with Crippen LogP contribution >= 0.6 is 0 Å². The summed E-state index contributed by atoms with van der Waals surface area (Å²) in [6, 6.07) is 13.9. The molecule has 2 nitrogen and oxygen atoms in total. The molecule has 2 heteroatoms. The van der Waals surface area contributed by atoms with Crippen molar-refractivity contribution in [2.75, 3.05) is 7.11 Å². The third kappa shape index (κ3) is 3.15. The first-order valence-electron chi connectivity index (χ1n) is 6.49. The van der Waals surface area contributed by atoms with Crippen molar-refractivity contribution in [3.8, 4) is 5.75 Å².